The van der Waals surface area contributed by atoms with Crippen molar-refractivity contribution < 1.29 is 0 Å². The van der Waals surface area contributed by atoms with Gasteiger partial charge in [-0.15, -0.1) is 0 Å². The van der Waals surface area contributed by atoms with Crippen molar-refractivity contribution in [3.63, 3.8) is 0 Å². The third kappa shape index (κ3) is 3.75. The molecule has 1 aliphatic heterocycles. The Morgan fingerprint density at radius 1 is 1.32 bits per heavy atom. The minimum atomic E-state index is 0.167. The first-order valence-corrected chi connectivity index (χ1v) is 7.44. The molecule has 0 aromatic heterocycles. The Morgan fingerprint density at radius 3 is 2.68 bits per heavy atom. The molecule has 116 valence electrons. The summed E-state index contributed by atoms with van der Waals surface area (Å²) in [5, 5.41) is 15.2. The maximum absolute atomic E-state index is 7.94. The number of nitrogens with one attached hydrogen (secondary N) is 2. The van der Waals surface area contributed by atoms with Gasteiger partial charge in [0.25, 0.3) is 0 Å². The highest BCUT2D eigenvalue weighted by molar-refractivity contribution is 6.19. The second-order valence-corrected chi connectivity index (χ2v) is 5.43. The minimum Gasteiger partial charge on any atom is -0.404 e. The normalized spacial score (nSPS) is 19.3. The van der Waals surface area contributed by atoms with Gasteiger partial charge in [0.15, 0.2) is 0 Å². The summed E-state index contributed by atoms with van der Waals surface area (Å²) in [4.78, 5) is 2.15. The number of likely N-dealkylation sites (tertiary alicyclic amines) is 1. The summed E-state index contributed by atoms with van der Waals surface area (Å²) in [6.45, 7) is 0.902. The van der Waals surface area contributed by atoms with Crippen molar-refractivity contribution in [2.45, 2.75) is 25.3 Å². The van der Waals surface area contributed by atoms with Gasteiger partial charge in [0, 0.05) is 36.7 Å². The molecule has 0 spiro atoms. The molecule has 0 amide bonds. The van der Waals surface area contributed by atoms with E-state index in [4.69, 9.17) is 22.3 Å². The number of hydrogen-bond donors (Lipinski definition) is 4. The van der Waals surface area contributed by atoms with Crippen molar-refractivity contribution in [1.82, 2.24) is 4.90 Å². The molecule has 0 radical (unpaired) electrons. The quantitative estimate of drug-likeness (QED) is 0.604. The van der Waals surface area contributed by atoms with Crippen molar-refractivity contribution in [3.05, 3.63) is 59.6 Å². The molecule has 0 bridgehead atoms. The molecule has 1 aromatic rings. The van der Waals surface area contributed by atoms with Gasteiger partial charge in [0.05, 0.1) is 5.71 Å². The van der Waals surface area contributed by atoms with Crippen LogP contribution in [0, 0.1) is 10.8 Å². The van der Waals surface area contributed by atoms with E-state index in [2.05, 4.69) is 17.0 Å². The van der Waals surface area contributed by atoms with Crippen LogP contribution in [-0.4, -0.2) is 29.4 Å². The first-order chi connectivity index (χ1) is 10.7. The fourth-order valence-corrected chi connectivity index (χ4v) is 2.80. The average molecular weight is 297 g/mol. The molecular weight excluding hydrogens is 274 g/mol. The summed E-state index contributed by atoms with van der Waals surface area (Å²) >= 11 is 0. The minimum absolute atomic E-state index is 0.167. The summed E-state index contributed by atoms with van der Waals surface area (Å²) in [6.07, 6.45) is 7.06. The van der Waals surface area contributed by atoms with Gasteiger partial charge >= 0.3 is 0 Å². The van der Waals surface area contributed by atoms with Gasteiger partial charge in [0.1, 0.15) is 5.82 Å². The first-order valence-electron chi connectivity index (χ1n) is 7.44. The highest BCUT2D eigenvalue weighted by atomic mass is 15.2. The summed E-state index contributed by atoms with van der Waals surface area (Å²) in [7, 11) is 0. The average Bonchev–Trinajstić information content (AvgIpc) is 2.97. The van der Waals surface area contributed by atoms with E-state index in [1.54, 1.807) is 6.08 Å². The van der Waals surface area contributed by atoms with Crippen molar-refractivity contribution in [2.24, 2.45) is 11.5 Å². The van der Waals surface area contributed by atoms with Crippen LogP contribution in [0.4, 0.5) is 0 Å². The predicted octanol–water partition coefficient (Wildman–Crippen LogP) is 2.01. The molecule has 1 unspecified atom stereocenters. The zero-order valence-corrected chi connectivity index (χ0v) is 12.6. The number of allylic oxidation sites excluding steroid dienone is 2. The zero-order valence-electron chi connectivity index (χ0n) is 12.6. The van der Waals surface area contributed by atoms with Gasteiger partial charge in [-0.1, -0.05) is 30.3 Å². The predicted molar refractivity (Wildman–Crippen MR) is 90.9 cm³/mol. The van der Waals surface area contributed by atoms with Crippen LogP contribution in [-0.2, 0) is 6.42 Å². The molecule has 1 aromatic carbocycles. The van der Waals surface area contributed by atoms with Crippen LogP contribution in [0.5, 0.6) is 0 Å². The van der Waals surface area contributed by atoms with E-state index >= 15 is 0 Å². The Balaban J connectivity index is 2.09. The maximum Gasteiger partial charge on any atom is 0.101 e. The lowest BCUT2D eigenvalue weighted by Gasteiger charge is -2.27. The fourth-order valence-electron chi connectivity index (χ4n) is 2.80. The summed E-state index contributed by atoms with van der Waals surface area (Å²) in [6, 6.07) is 10.7. The number of benzene rings is 1. The van der Waals surface area contributed by atoms with Gasteiger partial charge < -0.3 is 27.2 Å². The largest absolute Gasteiger partial charge is 0.404 e. The van der Waals surface area contributed by atoms with Crippen LogP contribution < -0.4 is 11.5 Å². The number of nitrogens with zero attached hydrogens (tertiary/aromatic N) is 1. The maximum atomic E-state index is 7.94. The van der Waals surface area contributed by atoms with Crippen LogP contribution in [0.1, 0.15) is 18.4 Å². The lowest BCUT2D eigenvalue weighted by Crippen LogP contribution is -2.34. The molecule has 1 atom stereocenters. The SMILES string of the molecule is N=C/C(=C\N)C(=N)/C=C(\N)N1CCCC1Cc1ccccc1. The second kappa shape index (κ2) is 7.45. The Bertz CT molecular complexity index is 588. The van der Waals surface area contributed by atoms with Crippen molar-refractivity contribution in [3.8, 4) is 0 Å². The van der Waals surface area contributed by atoms with Gasteiger partial charge in [-0.3, -0.25) is 0 Å². The molecule has 1 heterocycles. The molecule has 6 N–H and O–H groups in total. The number of nitrogens with two attached hydrogens (primary N) is 2. The van der Waals surface area contributed by atoms with Crippen LogP contribution in [0.25, 0.3) is 0 Å². The summed E-state index contributed by atoms with van der Waals surface area (Å²) in [5.41, 5.74) is 13.4. The van der Waals surface area contributed by atoms with E-state index in [1.165, 1.54) is 11.8 Å². The van der Waals surface area contributed by atoms with E-state index in [9.17, 15) is 0 Å². The smallest absolute Gasteiger partial charge is 0.101 e. The molecule has 1 saturated heterocycles. The zero-order chi connectivity index (χ0) is 15.9. The lowest BCUT2D eigenvalue weighted by atomic mass is 10.0. The van der Waals surface area contributed by atoms with Gasteiger partial charge in [0.2, 0.25) is 0 Å². The lowest BCUT2D eigenvalue weighted by molar-refractivity contribution is 0.315. The van der Waals surface area contributed by atoms with Crippen LogP contribution in [0.3, 0.4) is 0 Å². The standard InChI is InChI=1S/C17H23N5/c18-11-14(12-19)16(20)10-17(21)22-8-4-7-15(22)9-13-5-2-1-3-6-13/h1-3,5-6,10-12,15,18,20H,4,7-9,19,21H2/b14-12+,17-10+,18-11?,20-16?. The molecule has 22 heavy (non-hydrogen) atoms. The highest BCUT2D eigenvalue weighted by Crippen LogP contribution is 2.23. The molecular formula is C17H23N5. The van der Waals surface area contributed by atoms with Crippen molar-refractivity contribution in [2.75, 3.05) is 6.54 Å². The Hall–Kier alpha value is -2.56. The van der Waals surface area contributed by atoms with Gasteiger partial charge in [-0.05, 0) is 24.8 Å². The van der Waals surface area contributed by atoms with E-state index < -0.39 is 0 Å². The molecule has 0 saturated carbocycles. The molecule has 2 rings (SSSR count). The monoisotopic (exact) mass is 297 g/mol. The van der Waals surface area contributed by atoms with E-state index in [-0.39, 0.29) is 5.71 Å². The number of rotatable bonds is 6. The molecule has 5 heteroatoms. The van der Waals surface area contributed by atoms with E-state index in [0.29, 0.717) is 17.4 Å². The topological polar surface area (TPSA) is 103 Å². The third-order valence-corrected chi connectivity index (χ3v) is 3.96. The number of hydrogen-bond acceptors (Lipinski definition) is 5. The molecule has 1 fully saturated rings. The third-order valence-electron chi connectivity index (χ3n) is 3.96. The Labute approximate surface area is 131 Å². The van der Waals surface area contributed by atoms with E-state index in [0.717, 1.165) is 32.0 Å². The Kier molecular flexibility index (Phi) is 5.36. The van der Waals surface area contributed by atoms with Crippen LogP contribution >= 0.6 is 0 Å². The van der Waals surface area contributed by atoms with E-state index in [1.807, 2.05) is 18.2 Å². The van der Waals surface area contributed by atoms with Crippen molar-refractivity contribution >= 4 is 11.9 Å². The molecule has 1 aliphatic rings. The second-order valence-electron chi connectivity index (χ2n) is 5.43. The Morgan fingerprint density at radius 2 is 2.05 bits per heavy atom. The molecule has 0 aliphatic carbocycles. The van der Waals surface area contributed by atoms with Crippen LogP contribution in [0.2, 0.25) is 0 Å². The highest BCUT2D eigenvalue weighted by Gasteiger charge is 2.25. The van der Waals surface area contributed by atoms with Crippen LogP contribution in [0.15, 0.2) is 54.0 Å². The summed E-state index contributed by atoms with van der Waals surface area (Å²) < 4.78 is 0. The molecule has 5 nitrogen and oxygen atoms in total. The van der Waals surface area contributed by atoms with Crippen molar-refractivity contribution in [1.29, 1.82) is 10.8 Å². The van der Waals surface area contributed by atoms with Gasteiger partial charge in [-0.2, -0.15) is 0 Å². The fraction of sp³-hybridized carbons (Fsp3) is 0.294. The first kappa shape index (κ1) is 15.8. The summed E-state index contributed by atoms with van der Waals surface area (Å²) in [5.74, 6) is 0.574. The van der Waals surface area contributed by atoms with Gasteiger partial charge in [-0.25, -0.2) is 0 Å².